The minimum absolute atomic E-state index is 0.0441. The van der Waals surface area contributed by atoms with Gasteiger partial charge >= 0.3 is 0 Å². The van der Waals surface area contributed by atoms with Gasteiger partial charge in [0.1, 0.15) is 5.82 Å². The van der Waals surface area contributed by atoms with Crippen molar-refractivity contribution in [1.82, 2.24) is 4.90 Å². The quantitative estimate of drug-likeness (QED) is 0.886. The topological polar surface area (TPSA) is 32.3 Å². The first-order chi connectivity index (χ1) is 12.5. The number of aryl methyl sites for hydroxylation is 1. The Kier molecular flexibility index (Phi) is 4.53. The summed E-state index contributed by atoms with van der Waals surface area (Å²) in [6.45, 7) is 5.17. The van der Waals surface area contributed by atoms with Gasteiger partial charge in [0, 0.05) is 18.2 Å². The third kappa shape index (κ3) is 3.65. The van der Waals surface area contributed by atoms with E-state index in [1.165, 1.54) is 23.3 Å². The van der Waals surface area contributed by atoms with E-state index in [1.807, 2.05) is 0 Å². The SMILES string of the molecule is Cc1ccc(CN2CCC3(CC2)CC3C(=O)Nc2cccc(F)c2)cc1. The van der Waals surface area contributed by atoms with Crippen LogP contribution in [0.1, 0.15) is 30.4 Å². The molecule has 1 atom stereocenters. The molecule has 1 heterocycles. The van der Waals surface area contributed by atoms with Crippen LogP contribution in [0.5, 0.6) is 0 Å². The fourth-order valence-corrected chi connectivity index (χ4v) is 4.17. The normalized spacial score (nSPS) is 21.5. The number of carbonyl (C=O) groups excluding carboxylic acids is 1. The molecule has 1 N–H and O–H groups in total. The smallest absolute Gasteiger partial charge is 0.228 e. The molecule has 0 bridgehead atoms. The molecule has 136 valence electrons. The predicted octanol–water partition coefficient (Wildman–Crippen LogP) is 4.37. The number of nitrogens with zero attached hydrogens (tertiary/aromatic N) is 1. The molecular formula is C22H25FN2O. The van der Waals surface area contributed by atoms with E-state index < -0.39 is 0 Å². The van der Waals surface area contributed by atoms with Crippen molar-refractivity contribution in [3.63, 3.8) is 0 Å². The van der Waals surface area contributed by atoms with E-state index >= 15 is 0 Å². The molecule has 2 aromatic carbocycles. The van der Waals surface area contributed by atoms with Crippen LogP contribution in [0.15, 0.2) is 48.5 Å². The first kappa shape index (κ1) is 17.2. The Labute approximate surface area is 154 Å². The number of amides is 1. The number of halogens is 1. The van der Waals surface area contributed by atoms with Crippen LogP contribution in [0.2, 0.25) is 0 Å². The van der Waals surface area contributed by atoms with Gasteiger partial charge in [0.2, 0.25) is 5.91 Å². The summed E-state index contributed by atoms with van der Waals surface area (Å²) >= 11 is 0. The molecule has 1 unspecified atom stereocenters. The highest BCUT2D eigenvalue weighted by molar-refractivity contribution is 5.95. The Bertz CT molecular complexity index is 794. The number of hydrogen-bond acceptors (Lipinski definition) is 2. The van der Waals surface area contributed by atoms with Crippen molar-refractivity contribution in [1.29, 1.82) is 0 Å². The molecule has 1 aliphatic carbocycles. The molecule has 1 aliphatic heterocycles. The molecule has 0 radical (unpaired) electrons. The maximum atomic E-state index is 13.3. The first-order valence-corrected chi connectivity index (χ1v) is 9.38. The van der Waals surface area contributed by atoms with Crippen LogP contribution in [0.4, 0.5) is 10.1 Å². The number of nitrogens with one attached hydrogen (secondary N) is 1. The number of benzene rings is 2. The second-order valence-corrected chi connectivity index (χ2v) is 7.88. The molecular weight excluding hydrogens is 327 g/mol. The fraction of sp³-hybridized carbons (Fsp3) is 0.409. The van der Waals surface area contributed by atoms with Crippen molar-refractivity contribution in [3.05, 3.63) is 65.5 Å². The Morgan fingerprint density at radius 2 is 1.92 bits per heavy atom. The lowest BCUT2D eigenvalue weighted by molar-refractivity contribution is -0.118. The molecule has 2 fully saturated rings. The van der Waals surface area contributed by atoms with Gasteiger partial charge < -0.3 is 5.32 Å². The summed E-state index contributed by atoms with van der Waals surface area (Å²) < 4.78 is 13.3. The Hall–Kier alpha value is -2.20. The summed E-state index contributed by atoms with van der Waals surface area (Å²) in [7, 11) is 0. The molecule has 0 aromatic heterocycles. The minimum Gasteiger partial charge on any atom is -0.326 e. The van der Waals surface area contributed by atoms with Crippen LogP contribution < -0.4 is 5.32 Å². The molecule has 4 heteroatoms. The van der Waals surface area contributed by atoms with Crippen LogP contribution in [-0.4, -0.2) is 23.9 Å². The van der Waals surface area contributed by atoms with Gasteiger partial charge in [-0.05, 0) is 68.5 Å². The molecule has 2 aliphatic rings. The van der Waals surface area contributed by atoms with Crippen LogP contribution in [0.3, 0.4) is 0 Å². The maximum Gasteiger partial charge on any atom is 0.228 e. The van der Waals surface area contributed by atoms with Crippen molar-refractivity contribution < 1.29 is 9.18 Å². The van der Waals surface area contributed by atoms with E-state index in [0.29, 0.717) is 5.69 Å². The molecule has 1 saturated carbocycles. The van der Waals surface area contributed by atoms with Crippen LogP contribution in [-0.2, 0) is 11.3 Å². The first-order valence-electron chi connectivity index (χ1n) is 9.38. The summed E-state index contributed by atoms with van der Waals surface area (Å²) in [6, 6.07) is 14.8. The zero-order valence-corrected chi connectivity index (χ0v) is 15.2. The van der Waals surface area contributed by atoms with Gasteiger partial charge in [-0.25, -0.2) is 4.39 Å². The highest BCUT2D eigenvalue weighted by Gasteiger charge is 2.58. The Morgan fingerprint density at radius 3 is 2.62 bits per heavy atom. The monoisotopic (exact) mass is 352 g/mol. The standard InChI is InChI=1S/C22H25FN2O/c1-16-5-7-17(8-6-16)15-25-11-9-22(10-12-25)14-20(22)21(26)24-19-4-2-3-18(23)13-19/h2-8,13,20H,9-12,14-15H2,1H3,(H,24,26). The van der Waals surface area contributed by atoms with E-state index in [4.69, 9.17) is 0 Å². The average molecular weight is 352 g/mol. The molecule has 3 nitrogen and oxygen atoms in total. The van der Waals surface area contributed by atoms with Gasteiger partial charge in [-0.2, -0.15) is 0 Å². The van der Waals surface area contributed by atoms with E-state index in [0.717, 1.165) is 38.9 Å². The van der Waals surface area contributed by atoms with E-state index in [1.54, 1.807) is 12.1 Å². The Morgan fingerprint density at radius 1 is 1.19 bits per heavy atom. The number of likely N-dealkylation sites (tertiary alicyclic amines) is 1. The van der Waals surface area contributed by atoms with E-state index in [2.05, 4.69) is 41.4 Å². The fourth-order valence-electron chi connectivity index (χ4n) is 4.17. The summed E-state index contributed by atoms with van der Waals surface area (Å²) in [5.74, 6) is -0.201. The van der Waals surface area contributed by atoms with E-state index in [9.17, 15) is 9.18 Å². The molecule has 1 amide bonds. The van der Waals surface area contributed by atoms with Crippen molar-refractivity contribution in [3.8, 4) is 0 Å². The lowest BCUT2D eigenvalue weighted by Crippen LogP contribution is -2.35. The second kappa shape index (κ2) is 6.84. The van der Waals surface area contributed by atoms with Crippen molar-refractivity contribution in [2.45, 2.75) is 32.7 Å². The van der Waals surface area contributed by atoms with Gasteiger partial charge in [0.15, 0.2) is 0 Å². The molecule has 1 spiro atoms. The minimum atomic E-state index is -0.322. The van der Waals surface area contributed by atoms with Crippen molar-refractivity contribution in [2.24, 2.45) is 11.3 Å². The lowest BCUT2D eigenvalue weighted by Gasteiger charge is -2.32. The van der Waals surface area contributed by atoms with Gasteiger partial charge in [-0.3, -0.25) is 9.69 Å². The predicted molar refractivity (Wildman–Crippen MR) is 101 cm³/mol. The van der Waals surface area contributed by atoms with Crippen LogP contribution in [0, 0.1) is 24.1 Å². The largest absolute Gasteiger partial charge is 0.326 e. The summed E-state index contributed by atoms with van der Waals surface area (Å²) in [6.07, 6.45) is 3.10. The summed E-state index contributed by atoms with van der Waals surface area (Å²) in [4.78, 5) is 15.0. The van der Waals surface area contributed by atoms with Crippen LogP contribution >= 0.6 is 0 Å². The molecule has 4 rings (SSSR count). The summed E-state index contributed by atoms with van der Waals surface area (Å²) in [5, 5.41) is 2.88. The number of anilines is 1. The van der Waals surface area contributed by atoms with E-state index in [-0.39, 0.29) is 23.1 Å². The maximum absolute atomic E-state index is 13.3. The zero-order valence-electron chi connectivity index (χ0n) is 15.2. The number of hydrogen-bond donors (Lipinski definition) is 1. The number of carbonyl (C=O) groups is 1. The number of rotatable bonds is 4. The second-order valence-electron chi connectivity index (χ2n) is 7.88. The highest BCUT2D eigenvalue weighted by atomic mass is 19.1. The highest BCUT2D eigenvalue weighted by Crippen LogP contribution is 2.59. The third-order valence-electron chi connectivity index (χ3n) is 5.98. The number of piperidine rings is 1. The lowest BCUT2D eigenvalue weighted by atomic mass is 9.90. The molecule has 2 aromatic rings. The van der Waals surface area contributed by atoms with Gasteiger partial charge in [0.05, 0.1) is 0 Å². The Balaban J connectivity index is 1.29. The average Bonchev–Trinajstić information content (AvgIpc) is 3.33. The van der Waals surface area contributed by atoms with Gasteiger partial charge in [-0.15, -0.1) is 0 Å². The van der Waals surface area contributed by atoms with Gasteiger partial charge in [0.25, 0.3) is 0 Å². The zero-order chi connectivity index (χ0) is 18.1. The van der Waals surface area contributed by atoms with Crippen LogP contribution in [0.25, 0.3) is 0 Å². The van der Waals surface area contributed by atoms with Crippen molar-refractivity contribution >= 4 is 11.6 Å². The molecule has 1 saturated heterocycles. The van der Waals surface area contributed by atoms with Gasteiger partial charge in [-0.1, -0.05) is 35.9 Å². The van der Waals surface area contributed by atoms with Crippen molar-refractivity contribution in [2.75, 3.05) is 18.4 Å². The third-order valence-corrected chi connectivity index (χ3v) is 5.98. The summed E-state index contributed by atoms with van der Waals surface area (Å²) in [5.41, 5.74) is 3.36. The molecule has 26 heavy (non-hydrogen) atoms.